The van der Waals surface area contributed by atoms with Crippen LogP contribution in [0, 0.1) is 11.8 Å². The van der Waals surface area contributed by atoms with Gasteiger partial charge in [-0.3, -0.25) is 14.4 Å². The topological polar surface area (TPSA) is 105 Å². The van der Waals surface area contributed by atoms with Gasteiger partial charge in [-0.25, -0.2) is 0 Å². The minimum Gasteiger partial charge on any atom is -0.495 e. The van der Waals surface area contributed by atoms with E-state index in [-0.39, 0.29) is 30.2 Å². The summed E-state index contributed by atoms with van der Waals surface area (Å²) in [6.45, 7) is 0.252. The average Bonchev–Trinajstić information content (AvgIpc) is 2.78. The van der Waals surface area contributed by atoms with Crippen LogP contribution in [0.25, 0.3) is 0 Å². The predicted molar refractivity (Wildman–Crippen MR) is 125 cm³/mol. The summed E-state index contributed by atoms with van der Waals surface area (Å²) >= 11 is 9.51. The number of hydrogen-bond acceptors (Lipinski definition) is 4. The third kappa shape index (κ3) is 6.01. The van der Waals surface area contributed by atoms with E-state index in [0.717, 1.165) is 5.56 Å². The summed E-state index contributed by atoms with van der Waals surface area (Å²) in [5, 5.41) is 15.3. The number of methoxy groups -OCH3 is 1. The Labute approximate surface area is 199 Å². The van der Waals surface area contributed by atoms with Crippen molar-refractivity contribution in [3.63, 3.8) is 0 Å². The van der Waals surface area contributed by atoms with Crippen LogP contribution in [0.2, 0.25) is 5.02 Å². The Morgan fingerprint density at radius 3 is 2.41 bits per heavy atom. The standard InChI is InChI=1S/C23H24BrClN2O5/c1-32-20-9-2-13(10-18(20)25)12-26-22(29)17-11-16(24)7-8-19(17)27-21(28)14-3-5-15(6-4-14)23(30)31/h2,7-11,14-15H,3-6,12H2,1H3,(H,26,29)(H,27,28)(H,30,31). The largest absolute Gasteiger partial charge is 0.495 e. The van der Waals surface area contributed by atoms with Crippen LogP contribution in [0.15, 0.2) is 40.9 Å². The van der Waals surface area contributed by atoms with E-state index in [0.29, 0.717) is 52.2 Å². The molecule has 7 nitrogen and oxygen atoms in total. The van der Waals surface area contributed by atoms with E-state index in [2.05, 4.69) is 26.6 Å². The SMILES string of the molecule is COc1ccc(CNC(=O)c2cc(Br)ccc2NC(=O)C2CCC(C(=O)O)CC2)cc1Cl. The molecule has 0 bridgehead atoms. The minimum absolute atomic E-state index is 0.202. The van der Waals surface area contributed by atoms with Crippen LogP contribution in [0.1, 0.15) is 41.6 Å². The lowest BCUT2D eigenvalue weighted by molar-refractivity contribution is -0.143. The van der Waals surface area contributed by atoms with Gasteiger partial charge < -0.3 is 20.5 Å². The Hall–Kier alpha value is -2.58. The molecule has 2 aromatic rings. The third-order valence-electron chi connectivity index (χ3n) is 5.60. The first kappa shape index (κ1) is 24.1. The van der Waals surface area contributed by atoms with Crippen LogP contribution in [-0.4, -0.2) is 30.0 Å². The van der Waals surface area contributed by atoms with Crippen molar-refractivity contribution in [3.05, 3.63) is 57.0 Å². The second-order valence-corrected chi connectivity index (χ2v) is 9.04. The van der Waals surface area contributed by atoms with Gasteiger partial charge in [0.1, 0.15) is 5.75 Å². The zero-order valence-corrected chi connectivity index (χ0v) is 19.8. The molecule has 1 aliphatic carbocycles. The van der Waals surface area contributed by atoms with Crippen molar-refractivity contribution in [2.45, 2.75) is 32.2 Å². The number of rotatable bonds is 7. The van der Waals surface area contributed by atoms with Crippen molar-refractivity contribution in [1.82, 2.24) is 5.32 Å². The van der Waals surface area contributed by atoms with E-state index in [1.807, 2.05) is 6.07 Å². The maximum absolute atomic E-state index is 12.9. The Balaban J connectivity index is 1.66. The van der Waals surface area contributed by atoms with E-state index in [9.17, 15) is 14.4 Å². The smallest absolute Gasteiger partial charge is 0.306 e. The van der Waals surface area contributed by atoms with Crippen molar-refractivity contribution in [2.24, 2.45) is 11.8 Å². The molecule has 3 rings (SSSR count). The molecule has 0 heterocycles. The fourth-order valence-electron chi connectivity index (χ4n) is 3.75. The van der Waals surface area contributed by atoms with E-state index in [1.165, 1.54) is 7.11 Å². The number of carboxylic acids is 1. The van der Waals surface area contributed by atoms with Crippen LogP contribution in [0.5, 0.6) is 5.75 Å². The molecule has 0 radical (unpaired) electrons. The number of carbonyl (C=O) groups excluding carboxylic acids is 2. The zero-order valence-electron chi connectivity index (χ0n) is 17.5. The second kappa shape index (κ2) is 10.8. The van der Waals surface area contributed by atoms with Gasteiger partial charge in [-0.05, 0) is 61.6 Å². The number of amides is 2. The molecule has 0 atom stereocenters. The van der Waals surface area contributed by atoms with Gasteiger partial charge in [0.2, 0.25) is 5.91 Å². The molecule has 2 amide bonds. The predicted octanol–water partition coefficient (Wildman–Crippen LogP) is 4.87. The zero-order chi connectivity index (χ0) is 23.3. The summed E-state index contributed by atoms with van der Waals surface area (Å²) in [5.41, 5.74) is 1.54. The summed E-state index contributed by atoms with van der Waals surface area (Å²) in [4.78, 5) is 36.7. The molecule has 0 saturated heterocycles. The number of anilines is 1. The highest BCUT2D eigenvalue weighted by Crippen LogP contribution is 2.31. The first-order valence-electron chi connectivity index (χ1n) is 10.2. The number of nitrogens with one attached hydrogen (secondary N) is 2. The lowest BCUT2D eigenvalue weighted by Crippen LogP contribution is -2.30. The number of hydrogen-bond donors (Lipinski definition) is 3. The van der Waals surface area contributed by atoms with Gasteiger partial charge >= 0.3 is 5.97 Å². The molecule has 1 aliphatic rings. The Morgan fingerprint density at radius 2 is 1.78 bits per heavy atom. The lowest BCUT2D eigenvalue weighted by Gasteiger charge is -2.25. The normalized spacial score (nSPS) is 18.0. The van der Waals surface area contributed by atoms with E-state index < -0.39 is 5.97 Å². The van der Waals surface area contributed by atoms with Gasteiger partial charge in [0.25, 0.3) is 5.91 Å². The molecular formula is C23H24BrClN2O5. The number of carboxylic acid groups (broad SMARTS) is 1. The molecule has 0 aromatic heterocycles. The van der Waals surface area contributed by atoms with Crippen LogP contribution >= 0.6 is 27.5 Å². The minimum atomic E-state index is -0.811. The maximum atomic E-state index is 12.9. The molecule has 0 spiro atoms. The van der Waals surface area contributed by atoms with Gasteiger partial charge in [0.05, 0.1) is 29.3 Å². The first-order chi connectivity index (χ1) is 15.3. The molecule has 32 heavy (non-hydrogen) atoms. The first-order valence-corrected chi connectivity index (χ1v) is 11.4. The second-order valence-electron chi connectivity index (χ2n) is 7.72. The molecule has 3 N–H and O–H groups in total. The molecule has 1 fully saturated rings. The van der Waals surface area contributed by atoms with Crippen molar-refractivity contribution in [2.75, 3.05) is 12.4 Å². The Kier molecular flexibility index (Phi) is 8.15. The Bertz CT molecular complexity index is 1020. The number of halogens is 2. The number of ether oxygens (including phenoxy) is 1. The molecule has 0 unspecified atom stereocenters. The van der Waals surface area contributed by atoms with Gasteiger partial charge in [0.15, 0.2) is 0 Å². The van der Waals surface area contributed by atoms with Gasteiger partial charge in [-0.2, -0.15) is 0 Å². The summed E-state index contributed by atoms with van der Waals surface area (Å²) in [7, 11) is 1.53. The van der Waals surface area contributed by atoms with E-state index in [4.69, 9.17) is 21.4 Å². The van der Waals surface area contributed by atoms with Crippen molar-refractivity contribution in [1.29, 1.82) is 0 Å². The number of carbonyl (C=O) groups is 3. The number of benzene rings is 2. The molecule has 9 heteroatoms. The lowest BCUT2D eigenvalue weighted by atomic mass is 9.81. The van der Waals surface area contributed by atoms with Crippen molar-refractivity contribution < 1.29 is 24.2 Å². The highest BCUT2D eigenvalue weighted by Gasteiger charge is 2.30. The van der Waals surface area contributed by atoms with Gasteiger partial charge in [0, 0.05) is 16.9 Å². The van der Waals surface area contributed by atoms with Crippen LogP contribution in [-0.2, 0) is 16.1 Å². The highest BCUT2D eigenvalue weighted by atomic mass is 79.9. The summed E-state index contributed by atoms with van der Waals surface area (Å²) in [6.07, 6.45) is 1.98. The van der Waals surface area contributed by atoms with E-state index >= 15 is 0 Å². The number of aliphatic carboxylic acids is 1. The van der Waals surface area contributed by atoms with Crippen molar-refractivity contribution in [3.8, 4) is 5.75 Å². The van der Waals surface area contributed by atoms with Crippen molar-refractivity contribution >= 4 is 51.0 Å². The van der Waals surface area contributed by atoms with Crippen LogP contribution < -0.4 is 15.4 Å². The quantitative estimate of drug-likeness (QED) is 0.480. The summed E-state index contributed by atoms with van der Waals surface area (Å²) < 4.78 is 5.84. The fourth-order valence-corrected chi connectivity index (χ4v) is 4.39. The van der Waals surface area contributed by atoms with Crippen LogP contribution in [0.3, 0.4) is 0 Å². The molecule has 2 aromatic carbocycles. The van der Waals surface area contributed by atoms with E-state index in [1.54, 1.807) is 30.3 Å². The van der Waals surface area contributed by atoms with Crippen LogP contribution in [0.4, 0.5) is 5.69 Å². The summed E-state index contributed by atoms with van der Waals surface area (Å²) in [6, 6.07) is 10.3. The molecule has 0 aliphatic heterocycles. The van der Waals surface area contributed by atoms with Gasteiger partial charge in [-0.1, -0.05) is 33.6 Å². The molecular weight excluding hydrogens is 500 g/mol. The average molecular weight is 524 g/mol. The fraction of sp³-hybridized carbons (Fsp3) is 0.348. The monoisotopic (exact) mass is 522 g/mol. The third-order valence-corrected chi connectivity index (χ3v) is 6.39. The summed E-state index contributed by atoms with van der Waals surface area (Å²) in [5.74, 6) is -1.47. The molecule has 1 saturated carbocycles. The molecule has 170 valence electrons. The Morgan fingerprint density at radius 1 is 1.09 bits per heavy atom. The highest BCUT2D eigenvalue weighted by molar-refractivity contribution is 9.10. The maximum Gasteiger partial charge on any atom is 0.306 e. The van der Waals surface area contributed by atoms with Gasteiger partial charge in [-0.15, -0.1) is 0 Å².